The van der Waals surface area contributed by atoms with E-state index >= 15 is 0 Å². The molecule has 0 fully saturated rings. The fourth-order valence-corrected chi connectivity index (χ4v) is 1.76. The van der Waals surface area contributed by atoms with Crippen molar-refractivity contribution in [3.05, 3.63) is 27.7 Å². The zero-order valence-electron chi connectivity index (χ0n) is 8.18. The van der Waals surface area contributed by atoms with E-state index in [1.54, 1.807) is 13.2 Å². The minimum atomic E-state index is -0.0779. The molecule has 2 nitrogen and oxygen atoms in total. The van der Waals surface area contributed by atoms with Gasteiger partial charge in [-0.15, -0.1) is 0 Å². The SMILES string of the molecule is CCC(N)c1ccc(OC)c(Cl)c1Cl. The molecule has 0 saturated heterocycles. The first-order chi connectivity index (χ1) is 6.61. The summed E-state index contributed by atoms with van der Waals surface area (Å²) in [6.45, 7) is 2.00. The van der Waals surface area contributed by atoms with E-state index < -0.39 is 0 Å². The Labute approximate surface area is 94.0 Å². The average molecular weight is 234 g/mol. The van der Waals surface area contributed by atoms with Crippen molar-refractivity contribution in [2.75, 3.05) is 7.11 Å². The fraction of sp³-hybridized carbons (Fsp3) is 0.400. The minimum absolute atomic E-state index is 0.0779. The first kappa shape index (κ1) is 11.6. The van der Waals surface area contributed by atoms with Crippen LogP contribution in [0.1, 0.15) is 24.9 Å². The molecular weight excluding hydrogens is 221 g/mol. The molecule has 0 aromatic heterocycles. The molecule has 1 unspecified atom stereocenters. The van der Waals surface area contributed by atoms with E-state index in [1.165, 1.54) is 0 Å². The van der Waals surface area contributed by atoms with E-state index in [0.29, 0.717) is 15.8 Å². The molecule has 0 aliphatic rings. The Morgan fingerprint density at radius 1 is 1.36 bits per heavy atom. The number of hydrogen-bond donors (Lipinski definition) is 1. The van der Waals surface area contributed by atoms with Gasteiger partial charge in [0.05, 0.1) is 12.1 Å². The number of ether oxygens (including phenoxy) is 1. The molecule has 1 aromatic carbocycles. The van der Waals surface area contributed by atoms with Gasteiger partial charge in [-0.25, -0.2) is 0 Å². The van der Waals surface area contributed by atoms with Gasteiger partial charge in [-0.1, -0.05) is 36.2 Å². The van der Waals surface area contributed by atoms with Crippen LogP contribution in [0.25, 0.3) is 0 Å². The topological polar surface area (TPSA) is 35.2 Å². The van der Waals surface area contributed by atoms with Gasteiger partial charge < -0.3 is 10.5 Å². The maximum atomic E-state index is 6.06. The monoisotopic (exact) mass is 233 g/mol. The van der Waals surface area contributed by atoms with E-state index in [1.807, 2.05) is 13.0 Å². The van der Waals surface area contributed by atoms with Gasteiger partial charge in [0.2, 0.25) is 0 Å². The van der Waals surface area contributed by atoms with E-state index in [2.05, 4.69) is 0 Å². The number of methoxy groups -OCH3 is 1. The Kier molecular flexibility index (Phi) is 4.05. The predicted molar refractivity (Wildman–Crippen MR) is 60.2 cm³/mol. The lowest BCUT2D eigenvalue weighted by atomic mass is 10.1. The highest BCUT2D eigenvalue weighted by Gasteiger charge is 2.14. The van der Waals surface area contributed by atoms with Crippen LogP contribution in [0, 0.1) is 0 Å². The molecule has 14 heavy (non-hydrogen) atoms. The molecule has 0 spiro atoms. The van der Waals surface area contributed by atoms with Crippen molar-refractivity contribution in [2.24, 2.45) is 5.73 Å². The third-order valence-corrected chi connectivity index (χ3v) is 3.02. The van der Waals surface area contributed by atoms with Gasteiger partial charge in [-0.3, -0.25) is 0 Å². The van der Waals surface area contributed by atoms with Crippen molar-refractivity contribution in [1.29, 1.82) is 0 Å². The second-order valence-electron chi connectivity index (χ2n) is 3.00. The molecule has 1 rings (SSSR count). The van der Waals surface area contributed by atoms with Gasteiger partial charge in [-0.2, -0.15) is 0 Å². The van der Waals surface area contributed by atoms with E-state index in [4.69, 9.17) is 33.7 Å². The maximum absolute atomic E-state index is 6.06. The number of halogens is 2. The molecule has 0 amide bonds. The van der Waals surface area contributed by atoms with Gasteiger partial charge in [0.1, 0.15) is 10.8 Å². The Bertz CT molecular complexity index is 328. The van der Waals surface area contributed by atoms with Gasteiger partial charge in [0.15, 0.2) is 0 Å². The van der Waals surface area contributed by atoms with E-state index in [0.717, 1.165) is 12.0 Å². The molecule has 4 heteroatoms. The van der Waals surface area contributed by atoms with Crippen LogP contribution in [0.3, 0.4) is 0 Å². The predicted octanol–water partition coefficient (Wildman–Crippen LogP) is 3.41. The molecular formula is C10H13Cl2NO. The van der Waals surface area contributed by atoms with Crippen LogP contribution in [-0.4, -0.2) is 7.11 Å². The van der Waals surface area contributed by atoms with Crippen LogP contribution in [0.2, 0.25) is 10.0 Å². The molecule has 1 atom stereocenters. The second-order valence-corrected chi connectivity index (χ2v) is 3.76. The largest absolute Gasteiger partial charge is 0.495 e. The quantitative estimate of drug-likeness (QED) is 0.869. The van der Waals surface area contributed by atoms with Crippen LogP contribution >= 0.6 is 23.2 Å². The molecule has 2 N–H and O–H groups in total. The molecule has 0 radical (unpaired) electrons. The normalized spacial score (nSPS) is 12.6. The van der Waals surface area contributed by atoms with E-state index in [9.17, 15) is 0 Å². The molecule has 0 aliphatic carbocycles. The van der Waals surface area contributed by atoms with Crippen molar-refractivity contribution >= 4 is 23.2 Å². The van der Waals surface area contributed by atoms with Crippen molar-refractivity contribution in [3.63, 3.8) is 0 Å². The summed E-state index contributed by atoms with van der Waals surface area (Å²) in [5.41, 5.74) is 6.73. The van der Waals surface area contributed by atoms with Gasteiger partial charge in [0, 0.05) is 6.04 Å². The highest BCUT2D eigenvalue weighted by atomic mass is 35.5. The standard InChI is InChI=1S/C10H13Cl2NO/c1-3-7(13)6-4-5-8(14-2)10(12)9(6)11/h4-5,7H,3,13H2,1-2H3. The molecule has 0 saturated carbocycles. The molecule has 0 bridgehead atoms. The fourth-order valence-electron chi connectivity index (χ4n) is 1.21. The van der Waals surface area contributed by atoms with Crippen LogP contribution in [0.15, 0.2) is 12.1 Å². The van der Waals surface area contributed by atoms with E-state index in [-0.39, 0.29) is 6.04 Å². The summed E-state index contributed by atoms with van der Waals surface area (Å²) < 4.78 is 5.04. The van der Waals surface area contributed by atoms with Gasteiger partial charge in [-0.05, 0) is 18.1 Å². The Balaban J connectivity index is 3.17. The first-order valence-corrected chi connectivity index (χ1v) is 5.14. The zero-order valence-corrected chi connectivity index (χ0v) is 9.69. The lowest BCUT2D eigenvalue weighted by Gasteiger charge is -2.14. The Morgan fingerprint density at radius 3 is 2.50 bits per heavy atom. The van der Waals surface area contributed by atoms with Crippen LogP contribution in [0.5, 0.6) is 5.75 Å². The summed E-state index contributed by atoms with van der Waals surface area (Å²) in [6.07, 6.45) is 0.822. The summed E-state index contributed by atoms with van der Waals surface area (Å²) in [4.78, 5) is 0. The highest BCUT2D eigenvalue weighted by molar-refractivity contribution is 6.43. The number of benzene rings is 1. The Morgan fingerprint density at radius 2 is 2.00 bits per heavy atom. The number of hydrogen-bond acceptors (Lipinski definition) is 2. The average Bonchev–Trinajstić information content (AvgIpc) is 2.21. The molecule has 78 valence electrons. The first-order valence-electron chi connectivity index (χ1n) is 4.39. The zero-order chi connectivity index (χ0) is 10.7. The lowest BCUT2D eigenvalue weighted by molar-refractivity contribution is 0.414. The van der Waals surface area contributed by atoms with Crippen molar-refractivity contribution < 1.29 is 4.74 Å². The molecule has 0 aliphatic heterocycles. The highest BCUT2D eigenvalue weighted by Crippen LogP contribution is 2.36. The Hall–Kier alpha value is -0.440. The van der Waals surface area contributed by atoms with Crippen molar-refractivity contribution in [2.45, 2.75) is 19.4 Å². The summed E-state index contributed by atoms with van der Waals surface area (Å²) in [6, 6.07) is 3.55. The van der Waals surface area contributed by atoms with Crippen molar-refractivity contribution in [3.8, 4) is 5.75 Å². The summed E-state index contributed by atoms with van der Waals surface area (Å²) in [5.74, 6) is 0.573. The third kappa shape index (κ3) is 2.14. The number of nitrogens with two attached hydrogens (primary N) is 1. The lowest BCUT2D eigenvalue weighted by Crippen LogP contribution is -2.09. The van der Waals surface area contributed by atoms with Crippen LogP contribution in [-0.2, 0) is 0 Å². The maximum Gasteiger partial charge on any atom is 0.139 e. The summed E-state index contributed by atoms with van der Waals surface area (Å²) >= 11 is 12.0. The van der Waals surface area contributed by atoms with Crippen molar-refractivity contribution in [1.82, 2.24) is 0 Å². The molecule has 1 aromatic rings. The minimum Gasteiger partial charge on any atom is -0.495 e. The summed E-state index contributed by atoms with van der Waals surface area (Å²) in [5, 5.41) is 0.913. The number of rotatable bonds is 3. The van der Waals surface area contributed by atoms with Gasteiger partial charge in [0.25, 0.3) is 0 Å². The van der Waals surface area contributed by atoms with Gasteiger partial charge >= 0.3 is 0 Å². The third-order valence-electron chi connectivity index (χ3n) is 2.14. The van der Waals surface area contributed by atoms with Crippen LogP contribution in [0.4, 0.5) is 0 Å². The molecule has 0 heterocycles. The smallest absolute Gasteiger partial charge is 0.139 e. The second kappa shape index (κ2) is 4.87. The van der Waals surface area contributed by atoms with Crippen LogP contribution < -0.4 is 10.5 Å². The summed E-state index contributed by atoms with van der Waals surface area (Å²) in [7, 11) is 1.55.